The topological polar surface area (TPSA) is 140 Å². The van der Waals surface area contributed by atoms with Crippen LogP contribution in [0.1, 0.15) is 21.4 Å². The van der Waals surface area contributed by atoms with Gasteiger partial charge in [-0.05, 0) is 19.9 Å². The fraction of sp³-hybridized carbons (Fsp3) is 0.600. The summed E-state index contributed by atoms with van der Waals surface area (Å²) in [6.45, 7) is 3.27. The molecule has 3 N–H and O–H groups in total. The molecule has 1 rings (SSSR count). The summed E-state index contributed by atoms with van der Waals surface area (Å²) in [6, 6.07) is 0.729. The lowest BCUT2D eigenvalue weighted by atomic mass is 10.3. The van der Waals surface area contributed by atoms with Crippen molar-refractivity contribution in [2.45, 2.75) is 32.3 Å². The highest BCUT2D eigenvalue weighted by atomic mass is 31.2. The Balaban J connectivity index is 3.19. The zero-order valence-corrected chi connectivity index (χ0v) is 15.7. The van der Waals surface area contributed by atoms with Gasteiger partial charge in [0.05, 0.1) is 20.7 Å². The number of hydrogen-bond donors (Lipinski definition) is 3. The predicted molar refractivity (Wildman–Crippen MR) is 94.2 cm³/mol. The first-order valence-electron chi connectivity index (χ1n) is 8.28. The SMILES string of the molecule is [2H]/C(=C\P(=O)(O)CO)[C@H](COC(C)C)O[C@H](COC)n1ccc(=O)[nH]c1=O. The molecule has 0 fully saturated rings. The van der Waals surface area contributed by atoms with Crippen molar-refractivity contribution in [3.05, 3.63) is 45.0 Å². The normalized spacial score (nSPS) is 17.6. The number of nitrogens with one attached hydrogen (secondary N) is 1. The summed E-state index contributed by atoms with van der Waals surface area (Å²) in [5, 5.41) is 8.94. The number of hydrogen-bond acceptors (Lipinski definition) is 7. The Morgan fingerprint density at radius 3 is 2.65 bits per heavy atom. The van der Waals surface area contributed by atoms with Crippen LogP contribution in [0.3, 0.4) is 0 Å². The lowest BCUT2D eigenvalue weighted by Gasteiger charge is -2.24. The van der Waals surface area contributed by atoms with Crippen LogP contribution in [0, 0.1) is 0 Å². The number of nitrogens with zero attached hydrogens (tertiary/aromatic N) is 1. The highest BCUT2D eigenvalue weighted by Crippen LogP contribution is 2.40. The van der Waals surface area contributed by atoms with E-state index in [9.17, 15) is 19.0 Å². The first kappa shape index (κ1) is 20.8. The lowest BCUT2D eigenvalue weighted by molar-refractivity contribution is -0.102. The molecule has 0 aliphatic carbocycles. The number of aromatic amines is 1. The summed E-state index contributed by atoms with van der Waals surface area (Å²) in [5.41, 5.74) is -1.33. The summed E-state index contributed by atoms with van der Waals surface area (Å²) < 4.78 is 37.0. The van der Waals surface area contributed by atoms with Gasteiger partial charge in [0, 0.05) is 25.2 Å². The van der Waals surface area contributed by atoms with Crippen molar-refractivity contribution in [3.63, 3.8) is 0 Å². The molecule has 0 aromatic carbocycles. The molecule has 0 amide bonds. The smallest absolute Gasteiger partial charge is 0.330 e. The van der Waals surface area contributed by atoms with Gasteiger partial charge in [0.15, 0.2) is 6.23 Å². The maximum Gasteiger partial charge on any atom is 0.330 e. The van der Waals surface area contributed by atoms with Gasteiger partial charge in [-0.15, -0.1) is 0 Å². The van der Waals surface area contributed by atoms with E-state index in [4.69, 9.17) is 20.7 Å². The molecule has 0 bridgehead atoms. The van der Waals surface area contributed by atoms with Gasteiger partial charge in [-0.1, -0.05) is 0 Å². The van der Waals surface area contributed by atoms with E-state index in [1.165, 1.54) is 13.3 Å². The number of methoxy groups -OCH3 is 1. The molecule has 0 saturated heterocycles. The van der Waals surface area contributed by atoms with E-state index in [1.807, 2.05) is 0 Å². The molecule has 0 spiro atoms. The Morgan fingerprint density at radius 2 is 2.12 bits per heavy atom. The molecule has 0 aliphatic rings. The van der Waals surface area contributed by atoms with Gasteiger partial charge in [-0.3, -0.25) is 18.9 Å². The van der Waals surface area contributed by atoms with E-state index in [1.54, 1.807) is 13.8 Å². The highest BCUT2D eigenvalue weighted by molar-refractivity contribution is 7.61. The van der Waals surface area contributed by atoms with Crippen LogP contribution in [0.15, 0.2) is 33.7 Å². The van der Waals surface area contributed by atoms with E-state index in [0.29, 0.717) is 5.82 Å². The fourth-order valence-electron chi connectivity index (χ4n) is 1.82. The number of aliphatic hydroxyl groups excluding tert-OH is 1. The summed E-state index contributed by atoms with van der Waals surface area (Å²) >= 11 is 0. The summed E-state index contributed by atoms with van der Waals surface area (Å²) in [5.74, 6) is 0.709. The first-order chi connectivity index (χ1) is 12.6. The van der Waals surface area contributed by atoms with Crippen molar-refractivity contribution in [2.75, 3.05) is 26.7 Å². The van der Waals surface area contributed by atoms with Crippen LogP contribution < -0.4 is 11.2 Å². The summed E-state index contributed by atoms with van der Waals surface area (Å²) in [4.78, 5) is 34.9. The average molecular weight is 393 g/mol. The zero-order chi connectivity index (χ0) is 20.6. The van der Waals surface area contributed by atoms with Crippen LogP contribution in [-0.4, -0.2) is 58.4 Å². The van der Waals surface area contributed by atoms with Crippen LogP contribution >= 0.6 is 7.37 Å². The van der Waals surface area contributed by atoms with Crippen LogP contribution in [0.25, 0.3) is 0 Å². The van der Waals surface area contributed by atoms with Crippen LogP contribution in [-0.2, 0) is 18.8 Å². The molecule has 0 saturated carbocycles. The minimum Gasteiger partial charge on any atom is -0.386 e. The molecule has 1 heterocycles. The number of rotatable bonds is 11. The van der Waals surface area contributed by atoms with E-state index in [2.05, 4.69) is 4.98 Å². The largest absolute Gasteiger partial charge is 0.386 e. The molecule has 0 aliphatic heterocycles. The average Bonchev–Trinajstić information content (AvgIpc) is 2.57. The number of ether oxygens (including phenoxy) is 3. The monoisotopic (exact) mass is 393 g/mol. The Hall–Kier alpha value is -1.55. The highest BCUT2D eigenvalue weighted by Gasteiger charge is 2.20. The molecule has 1 aromatic heterocycles. The van der Waals surface area contributed by atoms with Gasteiger partial charge in [0.2, 0.25) is 7.37 Å². The van der Waals surface area contributed by atoms with Crippen molar-refractivity contribution in [2.24, 2.45) is 0 Å². The Labute approximate surface area is 151 Å². The molecule has 11 heteroatoms. The van der Waals surface area contributed by atoms with Gasteiger partial charge < -0.3 is 24.2 Å². The Morgan fingerprint density at radius 1 is 1.42 bits per heavy atom. The van der Waals surface area contributed by atoms with Crippen molar-refractivity contribution in [1.29, 1.82) is 0 Å². The molecule has 1 unspecified atom stereocenters. The first-order valence-corrected chi connectivity index (χ1v) is 9.70. The van der Waals surface area contributed by atoms with Crippen molar-refractivity contribution >= 4 is 7.37 Å². The second-order valence-corrected chi connectivity index (χ2v) is 7.68. The second-order valence-electron chi connectivity index (χ2n) is 5.63. The Kier molecular flexibility index (Phi) is 8.43. The molecule has 10 nitrogen and oxygen atoms in total. The van der Waals surface area contributed by atoms with Crippen LogP contribution in [0.4, 0.5) is 0 Å². The molecular weight excluding hydrogens is 367 g/mol. The fourth-order valence-corrected chi connectivity index (χ4v) is 2.30. The molecular formula is C15H25N2O8P. The van der Waals surface area contributed by atoms with E-state index in [-0.39, 0.29) is 19.3 Å². The summed E-state index contributed by atoms with van der Waals surface area (Å²) in [6.07, 6.45) is -2.18. The third-order valence-electron chi connectivity index (χ3n) is 3.04. The van der Waals surface area contributed by atoms with Gasteiger partial charge in [-0.2, -0.15) is 0 Å². The minimum atomic E-state index is -4.05. The van der Waals surface area contributed by atoms with Crippen molar-refractivity contribution < 1.29 is 30.1 Å². The third-order valence-corrected chi connectivity index (χ3v) is 4.00. The van der Waals surface area contributed by atoms with Gasteiger partial charge in [0.1, 0.15) is 12.5 Å². The van der Waals surface area contributed by atoms with E-state index < -0.39 is 43.3 Å². The molecule has 3 atom stereocenters. The molecule has 148 valence electrons. The quantitative estimate of drug-likeness (QED) is 0.454. The van der Waals surface area contributed by atoms with E-state index >= 15 is 0 Å². The standard InChI is InChI=1S/C15H25N2O8P/c1-11(2)24-8-12(5-7-26(21,22)10-18)25-14(9-23-3)17-6-4-13(19)16-15(17)20/h4-7,11-12,14,18H,8-10H2,1-3H3,(H,21,22)(H,16,19,20)/b7-5+/t12-,14-/m1/s1/i5D. The van der Waals surface area contributed by atoms with Gasteiger partial charge in [0.25, 0.3) is 5.56 Å². The van der Waals surface area contributed by atoms with Crippen LogP contribution in [0.2, 0.25) is 0 Å². The lowest BCUT2D eigenvalue weighted by Crippen LogP contribution is -2.36. The second kappa shape index (κ2) is 10.6. The van der Waals surface area contributed by atoms with Gasteiger partial charge >= 0.3 is 5.69 Å². The summed E-state index contributed by atoms with van der Waals surface area (Å²) in [7, 11) is -2.68. The van der Waals surface area contributed by atoms with Crippen molar-refractivity contribution in [3.8, 4) is 0 Å². The van der Waals surface area contributed by atoms with E-state index in [0.717, 1.165) is 10.6 Å². The zero-order valence-electron chi connectivity index (χ0n) is 15.8. The third kappa shape index (κ3) is 7.77. The maximum atomic E-state index is 12.0. The number of aliphatic hydroxyl groups is 1. The maximum absolute atomic E-state index is 12.0. The number of aromatic nitrogens is 2. The van der Waals surface area contributed by atoms with Crippen molar-refractivity contribution in [1.82, 2.24) is 9.55 Å². The van der Waals surface area contributed by atoms with Gasteiger partial charge in [-0.25, -0.2) is 4.79 Å². The molecule has 0 radical (unpaired) electrons. The molecule has 26 heavy (non-hydrogen) atoms. The predicted octanol–water partition coefficient (Wildman–Crippen LogP) is 0.226. The number of H-pyrrole nitrogens is 1. The van der Waals surface area contributed by atoms with Crippen LogP contribution in [0.5, 0.6) is 0 Å². The minimum absolute atomic E-state index is 0.103. The Bertz CT molecular complexity index is 791. The molecule has 1 aromatic rings.